The van der Waals surface area contributed by atoms with Gasteiger partial charge in [0.2, 0.25) is 5.91 Å². The van der Waals surface area contributed by atoms with E-state index in [-0.39, 0.29) is 23.8 Å². The van der Waals surface area contributed by atoms with Gasteiger partial charge in [-0.15, -0.1) is 0 Å². The fourth-order valence-electron chi connectivity index (χ4n) is 3.79. The first-order valence-electron chi connectivity index (χ1n) is 9.83. The van der Waals surface area contributed by atoms with Crippen molar-refractivity contribution >= 4 is 29.4 Å². The lowest BCUT2D eigenvalue weighted by Crippen LogP contribution is -2.69. The summed E-state index contributed by atoms with van der Waals surface area (Å²) in [6.07, 6.45) is 0.214. The lowest BCUT2D eigenvalue weighted by atomic mass is 9.94. The van der Waals surface area contributed by atoms with Crippen LogP contribution in [-0.4, -0.2) is 34.8 Å². The van der Waals surface area contributed by atoms with Crippen LogP contribution in [0.5, 0.6) is 0 Å². The van der Waals surface area contributed by atoms with Gasteiger partial charge in [0.25, 0.3) is 5.91 Å². The molecule has 0 bridgehead atoms. The molecule has 2 heterocycles. The third-order valence-electron chi connectivity index (χ3n) is 5.34. The number of amides is 2. The van der Waals surface area contributed by atoms with Gasteiger partial charge in [-0.2, -0.15) is 0 Å². The van der Waals surface area contributed by atoms with Gasteiger partial charge >= 0.3 is 5.97 Å². The first-order valence-corrected chi connectivity index (χ1v) is 10.2. The van der Waals surface area contributed by atoms with E-state index in [2.05, 4.69) is 15.3 Å². The van der Waals surface area contributed by atoms with E-state index < -0.39 is 35.9 Å². The van der Waals surface area contributed by atoms with Gasteiger partial charge < -0.3 is 10.1 Å². The lowest BCUT2D eigenvalue weighted by Gasteiger charge is -2.43. The molecule has 9 nitrogen and oxygen atoms in total. The standard InChI is InChI=1S/C22H18ClN5O4/c23-15-11-16-18(25-20(29)17(26-27-24)14-9-5-2-6-10-14)21(30)28(16)19(15)22(31)32-12-13-7-3-1-4-8-13/h1-10,16-18H,11-12H2,(H,25,29). The molecule has 3 atom stereocenters. The molecule has 3 unspecified atom stereocenters. The number of hydrogen-bond acceptors (Lipinski definition) is 5. The van der Waals surface area contributed by atoms with Gasteiger partial charge in [0.05, 0.1) is 11.1 Å². The predicted octanol–water partition coefficient (Wildman–Crippen LogP) is 3.33. The molecule has 10 heteroatoms. The zero-order valence-electron chi connectivity index (χ0n) is 16.7. The lowest BCUT2D eigenvalue weighted by molar-refractivity contribution is -0.155. The Hall–Kier alpha value is -3.81. The maximum atomic E-state index is 12.7. The Kier molecular flexibility index (Phi) is 6.11. The first-order chi connectivity index (χ1) is 15.5. The summed E-state index contributed by atoms with van der Waals surface area (Å²) in [5, 5.41) is 6.39. The molecule has 2 aromatic rings. The monoisotopic (exact) mass is 451 g/mol. The third-order valence-corrected chi connectivity index (χ3v) is 5.67. The van der Waals surface area contributed by atoms with E-state index in [9.17, 15) is 14.4 Å². The summed E-state index contributed by atoms with van der Waals surface area (Å²) in [6, 6.07) is 15.1. The zero-order valence-corrected chi connectivity index (χ0v) is 17.5. The van der Waals surface area contributed by atoms with E-state index in [0.717, 1.165) is 5.56 Å². The molecule has 0 aromatic heterocycles. The molecule has 1 saturated heterocycles. The third kappa shape index (κ3) is 4.03. The summed E-state index contributed by atoms with van der Waals surface area (Å²) in [5.74, 6) is -1.78. The molecular formula is C22H18ClN5O4. The summed E-state index contributed by atoms with van der Waals surface area (Å²) in [6.45, 7) is 0.0467. The van der Waals surface area contributed by atoms with E-state index in [1.54, 1.807) is 30.3 Å². The molecule has 162 valence electrons. The van der Waals surface area contributed by atoms with Crippen molar-refractivity contribution < 1.29 is 19.1 Å². The Morgan fingerprint density at radius 2 is 1.84 bits per heavy atom. The molecule has 2 aromatic carbocycles. The number of benzene rings is 2. The van der Waals surface area contributed by atoms with E-state index in [1.165, 1.54) is 4.90 Å². The molecular weight excluding hydrogens is 434 g/mol. The minimum atomic E-state index is -1.12. The average Bonchev–Trinajstić information content (AvgIpc) is 3.13. The smallest absolute Gasteiger partial charge is 0.356 e. The Balaban J connectivity index is 1.42. The highest BCUT2D eigenvalue weighted by atomic mass is 35.5. The number of carbonyl (C=O) groups is 3. The van der Waals surface area contributed by atoms with Crippen molar-refractivity contribution in [3.63, 3.8) is 0 Å². The normalized spacial score (nSPS) is 20.0. The second-order valence-corrected chi connectivity index (χ2v) is 7.76. The number of nitrogens with one attached hydrogen (secondary N) is 1. The summed E-state index contributed by atoms with van der Waals surface area (Å²) in [4.78, 5) is 42.0. The summed E-state index contributed by atoms with van der Waals surface area (Å²) in [5.41, 5.74) is 10.1. The van der Waals surface area contributed by atoms with Crippen molar-refractivity contribution in [2.75, 3.05) is 0 Å². The quantitative estimate of drug-likeness (QED) is 0.228. The minimum absolute atomic E-state index is 0.00208. The van der Waals surface area contributed by atoms with Crippen LogP contribution in [0.15, 0.2) is 76.5 Å². The topological polar surface area (TPSA) is 124 Å². The highest BCUT2D eigenvalue weighted by molar-refractivity contribution is 6.32. The highest BCUT2D eigenvalue weighted by Crippen LogP contribution is 2.41. The number of rotatable bonds is 7. The molecule has 4 rings (SSSR count). The molecule has 2 amide bonds. The van der Waals surface area contributed by atoms with Gasteiger partial charge in [0.15, 0.2) is 0 Å². The van der Waals surface area contributed by atoms with Gasteiger partial charge in [-0.1, -0.05) is 77.4 Å². The van der Waals surface area contributed by atoms with Gasteiger partial charge in [0.1, 0.15) is 24.4 Å². The van der Waals surface area contributed by atoms with Crippen molar-refractivity contribution in [3.05, 3.63) is 93.0 Å². The first kappa shape index (κ1) is 21.4. The number of carbonyl (C=O) groups excluding carboxylic acids is 3. The number of esters is 1. The van der Waals surface area contributed by atoms with E-state index in [4.69, 9.17) is 21.9 Å². The number of azide groups is 1. The van der Waals surface area contributed by atoms with Crippen molar-refractivity contribution in [3.8, 4) is 0 Å². The largest absolute Gasteiger partial charge is 0.456 e. The number of β-lactam (4-membered cyclic amide) rings is 1. The van der Waals surface area contributed by atoms with Crippen LogP contribution in [0, 0.1) is 0 Å². The summed E-state index contributed by atoms with van der Waals surface area (Å²) in [7, 11) is 0. The Morgan fingerprint density at radius 1 is 1.19 bits per heavy atom. The van der Waals surface area contributed by atoms with Gasteiger partial charge in [0, 0.05) is 11.3 Å². The SMILES string of the molecule is [N-]=[N+]=NC(C(=O)NC1C(=O)N2C(C(=O)OCc3ccccc3)=C(Cl)CC12)c1ccccc1. The number of hydrogen-bond donors (Lipinski definition) is 1. The van der Waals surface area contributed by atoms with Crippen molar-refractivity contribution in [2.45, 2.75) is 31.2 Å². The Labute approximate surface area is 188 Å². The maximum absolute atomic E-state index is 12.7. The average molecular weight is 452 g/mol. The van der Waals surface area contributed by atoms with Gasteiger partial charge in [-0.3, -0.25) is 14.5 Å². The van der Waals surface area contributed by atoms with Crippen LogP contribution < -0.4 is 5.32 Å². The molecule has 0 saturated carbocycles. The van der Waals surface area contributed by atoms with E-state index in [0.29, 0.717) is 5.56 Å². The van der Waals surface area contributed by atoms with Crippen molar-refractivity contribution in [1.29, 1.82) is 0 Å². The van der Waals surface area contributed by atoms with E-state index >= 15 is 0 Å². The molecule has 2 aliphatic heterocycles. The second kappa shape index (κ2) is 9.13. The van der Waals surface area contributed by atoms with Crippen molar-refractivity contribution in [1.82, 2.24) is 10.2 Å². The van der Waals surface area contributed by atoms with E-state index in [1.807, 2.05) is 30.3 Å². The van der Waals surface area contributed by atoms with Gasteiger partial charge in [-0.05, 0) is 16.7 Å². The Morgan fingerprint density at radius 3 is 2.50 bits per heavy atom. The van der Waals surface area contributed by atoms with Crippen LogP contribution >= 0.6 is 11.6 Å². The molecule has 0 radical (unpaired) electrons. The van der Waals surface area contributed by atoms with Crippen LogP contribution in [0.3, 0.4) is 0 Å². The summed E-state index contributed by atoms with van der Waals surface area (Å²) < 4.78 is 5.31. The number of ether oxygens (including phenoxy) is 1. The number of halogens is 1. The van der Waals surface area contributed by atoms with Gasteiger partial charge in [-0.25, -0.2) is 4.79 Å². The van der Waals surface area contributed by atoms with Crippen LogP contribution in [0.25, 0.3) is 10.4 Å². The van der Waals surface area contributed by atoms with Crippen LogP contribution in [-0.2, 0) is 25.7 Å². The summed E-state index contributed by atoms with van der Waals surface area (Å²) >= 11 is 6.27. The number of fused-ring (bicyclic) bond motifs is 1. The van der Waals surface area contributed by atoms with Crippen molar-refractivity contribution in [2.24, 2.45) is 5.11 Å². The molecule has 1 fully saturated rings. The fraction of sp³-hybridized carbons (Fsp3) is 0.227. The zero-order chi connectivity index (χ0) is 22.7. The van der Waals surface area contributed by atoms with Crippen LogP contribution in [0.1, 0.15) is 23.6 Å². The molecule has 32 heavy (non-hydrogen) atoms. The fourth-order valence-corrected chi connectivity index (χ4v) is 4.12. The second-order valence-electron chi connectivity index (χ2n) is 7.30. The highest BCUT2D eigenvalue weighted by Gasteiger charge is 2.56. The molecule has 0 spiro atoms. The van der Waals surface area contributed by atoms with Crippen LogP contribution in [0.4, 0.5) is 0 Å². The Bertz CT molecular complexity index is 1130. The maximum Gasteiger partial charge on any atom is 0.356 e. The molecule has 2 aliphatic rings. The number of nitrogens with zero attached hydrogens (tertiary/aromatic N) is 4. The molecule has 1 N–H and O–H groups in total. The predicted molar refractivity (Wildman–Crippen MR) is 115 cm³/mol. The van der Waals surface area contributed by atoms with Crippen LogP contribution in [0.2, 0.25) is 0 Å². The minimum Gasteiger partial charge on any atom is -0.456 e. The molecule has 0 aliphatic carbocycles.